The van der Waals surface area contributed by atoms with Crippen molar-refractivity contribution in [1.29, 1.82) is 0 Å². The number of benzene rings is 2. The summed E-state index contributed by atoms with van der Waals surface area (Å²) in [5, 5.41) is 2.61. The fourth-order valence-corrected chi connectivity index (χ4v) is 5.06. The first-order valence-corrected chi connectivity index (χ1v) is 10.9. The molecule has 1 heterocycles. The van der Waals surface area contributed by atoms with E-state index in [9.17, 15) is 13.2 Å². The molecule has 8 heteroatoms. The molecule has 0 aromatic heterocycles. The molecule has 3 rings (SSSR count). The lowest BCUT2D eigenvalue weighted by Crippen LogP contribution is -2.26. The van der Waals surface area contributed by atoms with Gasteiger partial charge < -0.3 is 10.1 Å². The van der Waals surface area contributed by atoms with Crippen LogP contribution in [0.25, 0.3) is 0 Å². The Hall–Kier alpha value is -2.03. The van der Waals surface area contributed by atoms with Gasteiger partial charge in [0.05, 0.1) is 11.9 Å². The van der Waals surface area contributed by atoms with Crippen molar-refractivity contribution in [1.82, 2.24) is 4.31 Å². The SMILES string of the molecule is CCOc1ccc(NC(=O)[C@H]2Cc3ccccc3S2)cc1S(=O)(=O)N(C)C. The highest BCUT2D eigenvalue weighted by molar-refractivity contribution is 8.01. The predicted octanol–water partition coefficient (Wildman–Crippen LogP) is 2.99. The van der Waals surface area contributed by atoms with Crippen LogP contribution in [0, 0.1) is 0 Å². The van der Waals surface area contributed by atoms with E-state index in [1.54, 1.807) is 19.1 Å². The van der Waals surface area contributed by atoms with E-state index in [1.165, 1.54) is 31.9 Å². The quantitative estimate of drug-likeness (QED) is 0.798. The highest BCUT2D eigenvalue weighted by Crippen LogP contribution is 2.37. The Morgan fingerprint density at radius 1 is 1.26 bits per heavy atom. The Balaban J connectivity index is 1.82. The molecule has 0 radical (unpaired) electrons. The third kappa shape index (κ3) is 4.12. The van der Waals surface area contributed by atoms with Crippen molar-refractivity contribution >= 4 is 33.4 Å². The lowest BCUT2D eigenvalue weighted by atomic mass is 10.1. The van der Waals surface area contributed by atoms with Gasteiger partial charge in [0.2, 0.25) is 15.9 Å². The van der Waals surface area contributed by atoms with E-state index in [0.29, 0.717) is 18.7 Å². The molecule has 0 unspecified atom stereocenters. The number of carbonyl (C=O) groups is 1. The molecule has 0 saturated heterocycles. The first-order chi connectivity index (χ1) is 12.8. The van der Waals surface area contributed by atoms with Crippen LogP contribution in [0.2, 0.25) is 0 Å². The number of thioether (sulfide) groups is 1. The van der Waals surface area contributed by atoms with E-state index in [2.05, 4.69) is 5.32 Å². The summed E-state index contributed by atoms with van der Waals surface area (Å²) in [5.74, 6) is 0.125. The maximum Gasteiger partial charge on any atom is 0.246 e. The van der Waals surface area contributed by atoms with Gasteiger partial charge in [-0.25, -0.2) is 12.7 Å². The summed E-state index contributed by atoms with van der Waals surface area (Å²) in [4.78, 5) is 13.8. The largest absolute Gasteiger partial charge is 0.492 e. The number of hydrogen-bond donors (Lipinski definition) is 1. The van der Waals surface area contributed by atoms with Gasteiger partial charge in [-0.1, -0.05) is 18.2 Å². The normalized spacial score (nSPS) is 16.2. The molecule has 1 amide bonds. The summed E-state index contributed by atoms with van der Waals surface area (Å²) < 4.78 is 31.8. The van der Waals surface area contributed by atoms with Gasteiger partial charge in [-0.05, 0) is 43.2 Å². The summed E-state index contributed by atoms with van der Waals surface area (Å²) >= 11 is 1.53. The highest BCUT2D eigenvalue weighted by atomic mass is 32.2. The minimum absolute atomic E-state index is 0.0366. The Kier molecular flexibility index (Phi) is 5.78. The number of carbonyl (C=O) groups excluding carboxylic acids is 1. The number of rotatable bonds is 6. The summed E-state index contributed by atoms with van der Waals surface area (Å²) in [6.07, 6.45) is 0.659. The van der Waals surface area contributed by atoms with E-state index in [1.807, 2.05) is 24.3 Å². The second kappa shape index (κ2) is 7.92. The number of anilines is 1. The van der Waals surface area contributed by atoms with Gasteiger partial charge in [0.15, 0.2) is 0 Å². The second-order valence-electron chi connectivity index (χ2n) is 6.29. The first kappa shape index (κ1) is 19.7. The number of ether oxygens (including phenoxy) is 1. The average Bonchev–Trinajstić information content (AvgIpc) is 3.07. The molecule has 1 N–H and O–H groups in total. The van der Waals surface area contributed by atoms with Crippen molar-refractivity contribution in [2.75, 3.05) is 26.0 Å². The Morgan fingerprint density at radius 3 is 2.67 bits per heavy atom. The highest BCUT2D eigenvalue weighted by Gasteiger charge is 2.29. The lowest BCUT2D eigenvalue weighted by molar-refractivity contribution is -0.115. The molecule has 0 spiro atoms. The topological polar surface area (TPSA) is 75.7 Å². The number of hydrogen-bond acceptors (Lipinski definition) is 5. The summed E-state index contributed by atoms with van der Waals surface area (Å²) in [5.41, 5.74) is 1.59. The molecule has 1 aliphatic heterocycles. The average molecular weight is 407 g/mol. The zero-order valence-corrected chi connectivity index (χ0v) is 17.1. The smallest absolute Gasteiger partial charge is 0.246 e. The monoisotopic (exact) mass is 406 g/mol. The number of fused-ring (bicyclic) bond motifs is 1. The van der Waals surface area contributed by atoms with Crippen LogP contribution < -0.4 is 10.1 Å². The molecule has 0 bridgehead atoms. The van der Waals surface area contributed by atoms with Crippen LogP contribution in [0.4, 0.5) is 5.69 Å². The zero-order chi connectivity index (χ0) is 19.6. The summed E-state index contributed by atoms with van der Waals surface area (Å²) in [6.45, 7) is 2.13. The molecular weight excluding hydrogens is 384 g/mol. The standard InChI is InChI=1S/C19H22N2O4S2/c1-4-25-15-10-9-14(12-18(15)27(23,24)21(2)3)20-19(22)17-11-13-7-5-6-8-16(13)26-17/h5-10,12,17H,4,11H2,1-3H3,(H,20,22)/t17-/m1/s1. The number of sulfonamides is 1. The maximum atomic E-state index is 12.7. The van der Waals surface area contributed by atoms with Crippen molar-refractivity contribution in [3.63, 3.8) is 0 Å². The van der Waals surface area contributed by atoms with Crippen molar-refractivity contribution in [3.05, 3.63) is 48.0 Å². The summed E-state index contributed by atoms with van der Waals surface area (Å²) in [6, 6.07) is 12.6. The van der Waals surface area contributed by atoms with Gasteiger partial charge in [-0.15, -0.1) is 11.8 Å². The van der Waals surface area contributed by atoms with Gasteiger partial charge >= 0.3 is 0 Å². The molecule has 0 saturated carbocycles. The number of nitrogens with zero attached hydrogens (tertiary/aromatic N) is 1. The van der Waals surface area contributed by atoms with E-state index < -0.39 is 10.0 Å². The molecule has 1 aliphatic rings. The van der Waals surface area contributed by atoms with Gasteiger partial charge in [0.25, 0.3) is 0 Å². The fourth-order valence-electron chi connectivity index (χ4n) is 2.81. The Morgan fingerprint density at radius 2 is 2.00 bits per heavy atom. The number of amides is 1. The molecule has 27 heavy (non-hydrogen) atoms. The number of nitrogens with one attached hydrogen (secondary N) is 1. The van der Waals surface area contributed by atoms with Crippen LogP contribution in [0.15, 0.2) is 52.3 Å². The van der Waals surface area contributed by atoms with Gasteiger partial charge in [0, 0.05) is 24.7 Å². The van der Waals surface area contributed by atoms with Gasteiger partial charge in [-0.2, -0.15) is 0 Å². The molecule has 2 aromatic rings. The zero-order valence-electron chi connectivity index (χ0n) is 15.4. The molecule has 2 aromatic carbocycles. The van der Waals surface area contributed by atoms with Gasteiger partial charge in [0.1, 0.15) is 10.6 Å². The van der Waals surface area contributed by atoms with Crippen molar-refractivity contribution in [3.8, 4) is 5.75 Å². The van der Waals surface area contributed by atoms with Crippen molar-refractivity contribution < 1.29 is 17.9 Å². The third-order valence-electron chi connectivity index (χ3n) is 4.21. The molecule has 1 atom stereocenters. The second-order valence-corrected chi connectivity index (χ2v) is 9.65. The lowest BCUT2D eigenvalue weighted by Gasteiger charge is -2.17. The van der Waals surface area contributed by atoms with E-state index in [-0.39, 0.29) is 21.8 Å². The van der Waals surface area contributed by atoms with Gasteiger partial charge in [-0.3, -0.25) is 4.79 Å². The minimum atomic E-state index is -3.70. The van der Waals surface area contributed by atoms with Crippen molar-refractivity contribution in [2.45, 2.75) is 28.4 Å². The maximum absolute atomic E-state index is 12.7. The van der Waals surface area contributed by atoms with E-state index in [4.69, 9.17) is 4.74 Å². The predicted molar refractivity (Wildman–Crippen MR) is 107 cm³/mol. The molecular formula is C19H22N2O4S2. The van der Waals surface area contributed by atoms with Crippen molar-refractivity contribution in [2.24, 2.45) is 0 Å². The Labute approximate surface area is 164 Å². The Bertz CT molecular complexity index is 933. The van der Waals surface area contributed by atoms with E-state index in [0.717, 1.165) is 14.8 Å². The first-order valence-electron chi connectivity index (χ1n) is 8.57. The van der Waals surface area contributed by atoms with Crippen LogP contribution in [-0.4, -0.2) is 44.6 Å². The molecule has 144 valence electrons. The van der Waals surface area contributed by atoms with Crippen LogP contribution >= 0.6 is 11.8 Å². The van der Waals surface area contributed by atoms with Crippen LogP contribution in [0.3, 0.4) is 0 Å². The molecule has 0 aliphatic carbocycles. The minimum Gasteiger partial charge on any atom is -0.492 e. The fraction of sp³-hybridized carbons (Fsp3) is 0.316. The summed E-state index contributed by atoms with van der Waals surface area (Å²) in [7, 11) is -0.777. The van der Waals surface area contributed by atoms with E-state index >= 15 is 0 Å². The van der Waals surface area contributed by atoms with Crippen LogP contribution in [-0.2, 0) is 21.2 Å². The molecule has 0 fully saturated rings. The molecule has 6 nitrogen and oxygen atoms in total. The third-order valence-corrected chi connectivity index (χ3v) is 7.36. The van der Waals surface area contributed by atoms with Crippen LogP contribution in [0.1, 0.15) is 12.5 Å². The van der Waals surface area contributed by atoms with Crippen LogP contribution in [0.5, 0.6) is 5.75 Å².